The summed E-state index contributed by atoms with van der Waals surface area (Å²) in [6.45, 7) is 1.85. The lowest BCUT2D eigenvalue weighted by Crippen LogP contribution is -2.16. The highest BCUT2D eigenvalue weighted by molar-refractivity contribution is 9.10. The number of anilines is 2. The van der Waals surface area contributed by atoms with E-state index in [9.17, 15) is 4.79 Å². The van der Waals surface area contributed by atoms with E-state index in [1.54, 1.807) is 6.20 Å². The Kier molecular flexibility index (Phi) is 3.52. The summed E-state index contributed by atoms with van der Waals surface area (Å²) in [4.78, 5) is 23.7. The van der Waals surface area contributed by atoms with Crippen molar-refractivity contribution in [1.82, 2.24) is 15.0 Å². The number of aryl methyl sites for hydroxylation is 1. The van der Waals surface area contributed by atoms with Gasteiger partial charge in [-0.2, -0.15) is 0 Å². The molecular formula is C11H10BrN5O. The Morgan fingerprint density at radius 3 is 2.67 bits per heavy atom. The van der Waals surface area contributed by atoms with Gasteiger partial charge in [-0.3, -0.25) is 4.79 Å². The summed E-state index contributed by atoms with van der Waals surface area (Å²) < 4.78 is 0.852. The van der Waals surface area contributed by atoms with Crippen molar-refractivity contribution in [3.8, 4) is 0 Å². The molecule has 1 amide bonds. The van der Waals surface area contributed by atoms with Crippen molar-refractivity contribution in [3.63, 3.8) is 0 Å². The third kappa shape index (κ3) is 2.80. The molecule has 0 unspecified atom stereocenters. The van der Waals surface area contributed by atoms with Crippen molar-refractivity contribution >= 4 is 33.5 Å². The Bertz CT molecular complexity index is 584. The smallest absolute Gasteiger partial charge is 0.277 e. The van der Waals surface area contributed by atoms with E-state index < -0.39 is 0 Å². The van der Waals surface area contributed by atoms with Gasteiger partial charge in [-0.1, -0.05) is 0 Å². The maximum absolute atomic E-state index is 11.9. The van der Waals surface area contributed by atoms with Crippen LogP contribution in [0.3, 0.4) is 0 Å². The number of nitrogens with zero attached hydrogens (tertiary/aromatic N) is 3. The van der Waals surface area contributed by atoms with Crippen LogP contribution in [0.25, 0.3) is 0 Å². The van der Waals surface area contributed by atoms with E-state index in [-0.39, 0.29) is 17.4 Å². The van der Waals surface area contributed by atoms with E-state index in [1.165, 1.54) is 12.4 Å². The maximum Gasteiger partial charge on any atom is 0.277 e. The van der Waals surface area contributed by atoms with E-state index in [4.69, 9.17) is 5.73 Å². The standard InChI is InChI=1S/C11H10BrN5O/c1-6-2-7(12)3-16-10(6)17-11(18)8-4-15-9(13)5-14-8/h2-5H,1H3,(H2,13,15)(H,16,17,18). The lowest BCUT2D eigenvalue weighted by Gasteiger charge is -2.06. The largest absolute Gasteiger partial charge is 0.382 e. The predicted molar refractivity (Wildman–Crippen MR) is 71.1 cm³/mol. The third-order valence-electron chi connectivity index (χ3n) is 2.18. The third-order valence-corrected chi connectivity index (χ3v) is 2.61. The number of nitrogens with two attached hydrogens (primary N) is 1. The van der Waals surface area contributed by atoms with Crippen LogP contribution in [0, 0.1) is 6.92 Å². The van der Waals surface area contributed by atoms with Gasteiger partial charge in [0.25, 0.3) is 5.91 Å². The summed E-state index contributed by atoms with van der Waals surface area (Å²) >= 11 is 3.30. The summed E-state index contributed by atoms with van der Waals surface area (Å²) in [6, 6.07) is 1.86. The van der Waals surface area contributed by atoms with Crippen molar-refractivity contribution in [2.24, 2.45) is 0 Å². The number of pyridine rings is 1. The summed E-state index contributed by atoms with van der Waals surface area (Å²) in [5, 5.41) is 2.66. The second-order valence-corrected chi connectivity index (χ2v) is 4.52. The molecule has 2 rings (SSSR count). The highest BCUT2D eigenvalue weighted by Crippen LogP contribution is 2.17. The van der Waals surface area contributed by atoms with Gasteiger partial charge in [0, 0.05) is 10.7 Å². The van der Waals surface area contributed by atoms with E-state index in [1.807, 2.05) is 13.0 Å². The first kappa shape index (κ1) is 12.4. The predicted octanol–water partition coefficient (Wildman–Crippen LogP) is 1.78. The minimum absolute atomic E-state index is 0.188. The molecular weight excluding hydrogens is 298 g/mol. The Morgan fingerprint density at radius 1 is 1.28 bits per heavy atom. The summed E-state index contributed by atoms with van der Waals surface area (Å²) in [7, 11) is 0. The van der Waals surface area contributed by atoms with E-state index in [2.05, 4.69) is 36.2 Å². The van der Waals surface area contributed by atoms with Crippen molar-refractivity contribution in [2.45, 2.75) is 6.92 Å². The van der Waals surface area contributed by atoms with Crippen molar-refractivity contribution in [1.29, 1.82) is 0 Å². The van der Waals surface area contributed by atoms with Crippen LogP contribution in [-0.4, -0.2) is 20.9 Å². The van der Waals surface area contributed by atoms with E-state index >= 15 is 0 Å². The lowest BCUT2D eigenvalue weighted by atomic mass is 10.3. The molecule has 0 aliphatic heterocycles. The molecule has 2 aromatic heterocycles. The Morgan fingerprint density at radius 2 is 2.06 bits per heavy atom. The molecule has 0 saturated heterocycles. The van der Waals surface area contributed by atoms with Crippen LogP contribution < -0.4 is 11.1 Å². The molecule has 0 atom stereocenters. The first-order valence-corrected chi connectivity index (χ1v) is 5.86. The van der Waals surface area contributed by atoms with Crippen LogP contribution >= 0.6 is 15.9 Å². The molecule has 0 spiro atoms. The van der Waals surface area contributed by atoms with Gasteiger partial charge in [-0.05, 0) is 34.5 Å². The number of nitrogens with one attached hydrogen (secondary N) is 1. The van der Waals surface area contributed by atoms with Gasteiger partial charge in [0.05, 0.1) is 12.4 Å². The van der Waals surface area contributed by atoms with Crippen LogP contribution in [0.2, 0.25) is 0 Å². The number of aromatic nitrogens is 3. The first-order valence-electron chi connectivity index (χ1n) is 5.07. The van der Waals surface area contributed by atoms with Gasteiger partial charge in [-0.15, -0.1) is 0 Å². The van der Waals surface area contributed by atoms with Gasteiger partial charge in [0.15, 0.2) is 0 Å². The topological polar surface area (TPSA) is 93.8 Å². The average Bonchev–Trinajstić information content (AvgIpc) is 2.33. The van der Waals surface area contributed by atoms with Gasteiger partial charge in [0.2, 0.25) is 0 Å². The summed E-state index contributed by atoms with van der Waals surface area (Å²) in [5.74, 6) is 0.381. The SMILES string of the molecule is Cc1cc(Br)cnc1NC(=O)c1cnc(N)cn1. The maximum atomic E-state index is 11.9. The Hall–Kier alpha value is -2.02. The van der Waals surface area contributed by atoms with Crippen LogP contribution in [0.15, 0.2) is 29.1 Å². The van der Waals surface area contributed by atoms with Gasteiger partial charge in [-0.25, -0.2) is 15.0 Å². The number of carbonyl (C=O) groups excluding carboxylic acids is 1. The number of nitrogen functional groups attached to an aromatic ring is 1. The summed E-state index contributed by atoms with van der Waals surface area (Å²) in [5.41, 5.74) is 6.43. The number of halogens is 1. The number of hydrogen-bond donors (Lipinski definition) is 2. The zero-order valence-electron chi connectivity index (χ0n) is 9.51. The second kappa shape index (κ2) is 5.09. The zero-order valence-corrected chi connectivity index (χ0v) is 11.1. The normalized spacial score (nSPS) is 10.1. The molecule has 92 valence electrons. The zero-order chi connectivity index (χ0) is 13.1. The lowest BCUT2D eigenvalue weighted by molar-refractivity contribution is 0.102. The Labute approximate surface area is 112 Å². The molecule has 0 aliphatic rings. The fraction of sp³-hybridized carbons (Fsp3) is 0.0909. The molecule has 6 nitrogen and oxygen atoms in total. The summed E-state index contributed by atoms with van der Waals surface area (Å²) in [6.07, 6.45) is 4.26. The van der Waals surface area contributed by atoms with Crippen molar-refractivity contribution in [2.75, 3.05) is 11.1 Å². The molecule has 0 bridgehead atoms. The number of rotatable bonds is 2. The van der Waals surface area contributed by atoms with Crippen LogP contribution in [0.4, 0.5) is 11.6 Å². The minimum atomic E-state index is -0.375. The quantitative estimate of drug-likeness (QED) is 0.882. The number of amides is 1. The fourth-order valence-corrected chi connectivity index (χ4v) is 1.74. The molecule has 18 heavy (non-hydrogen) atoms. The fourth-order valence-electron chi connectivity index (χ4n) is 1.30. The highest BCUT2D eigenvalue weighted by Gasteiger charge is 2.10. The molecule has 0 aromatic carbocycles. The Balaban J connectivity index is 2.18. The molecule has 2 aromatic rings. The molecule has 0 radical (unpaired) electrons. The van der Waals surface area contributed by atoms with Gasteiger partial charge < -0.3 is 11.1 Å². The van der Waals surface area contributed by atoms with Crippen molar-refractivity contribution < 1.29 is 4.79 Å². The monoisotopic (exact) mass is 307 g/mol. The molecule has 0 saturated carbocycles. The van der Waals surface area contributed by atoms with E-state index in [0.29, 0.717) is 5.82 Å². The van der Waals surface area contributed by atoms with Gasteiger partial charge >= 0.3 is 0 Å². The number of carbonyl (C=O) groups is 1. The van der Waals surface area contributed by atoms with Crippen LogP contribution in [0.5, 0.6) is 0 Å². The van der Waals surface area contributed by atoms with Gasteiger partial charge in [0.1, 0.15) is 17.3 Å². The molecule has 0 fully saturated rings. The molecule has 2 heterocycles. The minimum Gasteiger partial charge on any atom is -0.382 e. The van der Waals surface area contributed by atoms with Crippen LogP contribution in [0.1, 0.15) is 16.1 Å². The average molecular weight is 308 g/mol. The molecule has 0 aliphatic carbocycles. The van der Waals surface area contributed by atoms with Crippen molar-refractivity contribution in [3.05, 3.63) is 40.4 Å². The number of hydrogen-bond acceptors (Lipinski definition) is 5. The highest BCUT2D eigenvalue weighted by atomic mass is 79.9. The first-order chi connectivity index (χ1) is 8.56. The van der Waals surface area contributed by atoms with E-state index in [0.717, 1.165) is 10.0 Å². The van der Waals surface area contributed by atoms with Crippen LogP contribution in [-0.2, 0) is 0 Å². The molecule has 3 N–H and O–H groups in total. The molecule has 7 heteroatoms. The second-order valence-electron chi connectivity index (χ2n) is 3.60.